The van der Waals surface area contributed by atoms with E-state index in [0.717, 1.165) is 12.6 Å². The van der Waals surface area contributed by atoms with Crippen molar-refractivity contribution in [2.75, 3.05) is 0 Å². The van der Waals surface area contributed by atoms with Crippen molar-refractivity contribution in [3.8, 4) is 0 Å². The van der Waals surface area contributed by atoms with Gasteiger partial charge in [-0.05, 0) is 24.5 Å². The summed E-state index contributed by atoms with van der Waals surface area (Å²) in [6, 6.07) is 9.52. The SMILES string of the molecule is CC(C)Sc1ccccc1CNC1CC1. The van der Waals surface area contributed by atoms with E-state index >= 15 is 0 Å². The number of nitrogens with one attached hydrogen (secondary N) is 1. The molecule has 1 aromatic rings. The van der Waals surface area contributed by atoms with Crippen LogP contribution >= 0.6 is 11.8 Å². The van der Waals surface area contributed by atoms with Gasteiger partial charge in [-0.25, -0.2) is 0 Å². The summed E-state index contributed by atoms with van der Waals surface area (Å²) < 4.78 is 0. The van der Waals surface area contributed by atoms with Gasteiger partial charge < -0.3 is 5.32 Å². The highest BCUT2D eigenvalue weighted by Crippen LogP contribution is 2.27. The second kappa shape index (κ2) is 5.04. The molecule has 1 aliphatic carbocycles. The average molecular weight is 221 g/mol. The van der Waals surface area contributed by atoms with Crippen LogP contribution < -0.4 is 5.32 Å². The van der Waals surface area contributed by atoms with Gasteiger partial charge in [0.2, 0.25) is 0 Å². The third-order valence-corrected chi connectivity index (χ3v) is 3.62. The van der Waals surface area contributed by atoms with E-state index in [1.165, 1.54) is 23.3 Å². The summed E-state index contributed by atoms with van der Waals surface area (Å²) in [7, 11) is 0. The first-order valence-electron chi connectivity index (χ1n) is 5.73. The van der Waals surface area contributed by atoms with Crippen molar-refractivity contribution in [1.82, 2.24) is 5.32 Å². The zero-order chi connectivity index (χ0) is 10.7. The van der Waals surface area contributed by atoms with Gasteiger partial charge in [0.25, 0.3) is 0 Å². The first kappa shape index (κ1) is 11.0. The minimum atomic E-state index is 0.659. The maximum atomic E-state index is 3.57. The van der Waals surface area contributed by atoms with Gasteiger partial charge in [-0.15, -0.1) is 11.8 Å². The molecule has 1 fully saturated rings. The Morgan fingerprint density at radius 2 is 2.07 bits per heavy atom. The lowest BCUT2D eigenvalue weighted by atomic mass is 10.2. The van der Waals surface area contributed by atoms with Crippen LogP contribution in [-0.2, 0) is 6.54 Å². The molecule has 1 nitrogen and oxygen atoms in total. The van der Waals surface area contributed by atoms with Gasteiger partial charge in [-0.1, -0.05) is 32.0 Å². The van der Waals surface area contributed by atoms with E-state index in [-0.39, 0.29) is 0 Å². The highest BCUT2D eigenvalue weighted by atomic mass is 32.2. The molecule has 1 N–H and O–H groups in total. The Morgan fingerprint density at radius 1 is 1.33 bits per heavy atom. The molecule has 0 atom stereocenters. The average Bonchev–Trinajstić information content (AvgIpc) is 2.99. The Balaban J connectivity index is 1.99. The first-order chi connectivity index (χ1) is 7.25. The highest BCUT2D eigenvalue weighted by molar-refractivity contribution is 8.00. The smallest absolute Gasteiger partial charge is 0.0219 e. The van der Waals surface area contributed by atoms with E-state index in [1.54, 1.807) is 0 Å². The third-order valence-electron chi connectivity index (χ3n) is 2.49. The quantitative estimate of drug-likeness (QED) is 0.764. The van der Waals surface area contributed by atoms with Crippen LogP contribution in [0.25, 0.3) is 0 Å². The summed E-state index contributed by atoms with van der Waals surface area (Å²) in [5.41, 5.74) is 1.45. The lowest BCUT2D eigenvalue weighted by Gasteiger charge is -2.11. The Kier molecular flexibility index (Phi) is 3.71. The number of benzene rings is 1. The number of hydrogen-bond donors (Lipinski definition) is 1. The molecule has 1 aliphatic rings. The molecular weight excluding hydrogens is 202 g/mol. The molecule has 2 heteroatoms. The predicted molar refractivity (Wildman–Crippen MR) is 67.3 cm³/mol. The van der Waals surface area contributed by atoms with E-state index in [0.29, 0.717) is 5.25 Å². The molecule has 82 valence electrons. The molecule has 0 bridgehead atoms. The fourth-order valence-corrected chi connectivity index (χ4v) is 2.52. The highest BCUT2D eigenvalue weighted by Gasteiger charge is 2.20. The van der Waals surface area contributed by atoms with Crippen molar-refractivity contribution in [3.05, 3.63) is 29.8 Å². The predicted octanol–water partition coefficient (Wildman–Crippen LogP) is 3.44. The molecule has 0 heterocycles. The normalized spacial score (nSPS) is 15.9. The fourth-order valence-electron chi connectivity index (χ4n) is 1.56. The van der Waals surface area contributed by atoms with Crippen molar-refractivity contribution in [2.45, 2.75) is 49.4 Å². The van der Waals surface area contributed by atoms with E-state index in [1.807, 2.05) is 11.8 Å². The monoisotopic (exact) mass is 221 g/mol. The Hall–Kier alpha value is -0.470. The van der Waals surface area contributed by atoms with Gasteiger partial charge in [0.1, 0.15) is 0 Å². The minimum Gasteiger partial charge on any atom is -0.310 e. The first-order valence-corrected chi connectivity index (χ1v) is 6.61. The Labute approximate surface area is 96.7 Å². The molecule has 1 saturated carbocycles. The standard InChI is InChI=1S/C13H19NS/c1-10(2)15-13-6-4-3-5-11(13)9-14-12-7-8-12/h3-6,10,12,14H,7-9H2,1-2H3. The summed E-state index contributed by atoms with van der Waals surface area (Å²) in [6.07, 6.45) is 2.72. The van der Waals surface area contributed by atoms with Crippen molar-refractivity contribution < 1.29 is 0 Å². The van der Waals surface area contributed by atoms with Gasteiger partial charge in [0.05, 0.1) is 0 Å². The van der Waals surface area contributed by atoms with Crippen LogP contribution in [-0.4, -0.2) is 11.3 Å². The van der Waals surface area contributed by atoms with Gasteiger partial charge in [0, 0.05) is 22.7 Å². The van der Waals surface area contributed by atoms with Crippen LogP contribution in [0.3, 0.4) is 0 Å². The van der Waals surface area contributed by atoms with Crippen molar-refractivity contribution in [2.24, 2.45) is 0 Å². The van der Waals surface area contributed by atoms with Crippen LogP contribution in [0.15, 0.2) is 29.2 Å². The fraction of sp³-hybridized carbons (Fsp3) is 0.538. The number of rotatable bonds is 5. The van der Waals surface area contributed by atoms with Crippen LogP contribution in [0.5, 0.6) is 0 Å². The molecule has 0 aromatic heterocycles. The van der Waals surface area contributed by atoms with Gasteiger partial charge >= 0.3 is 0 Å². The van der Waals surface area contributed by atoms with Gasteiger partial charge in [-0.2, -0.15) is 0 Å². The summed E-state index contributed by atoms with van der Waals surface area (Å²) in [6.45, 7) is 5.52. The summed E-state index contributed by atoms with van der Waals surface area (Å²) in [5, 5.41) is 4.23. The lowest BCUT2D eigenvalue weighted by molar-refractivity contribution is 0.680. The van der Waals surface area contributed by atoms with E-state index in [2.05, 4.69) is 43.4 Å². The van der Waals surface area contributed by atoms with E-state index in [4.69, 9.17) is 0 Å². The van der Waals surface area contributed by atoms with Gasteiger partial charge in [-0.3, -0.25) is 0 Å². The second-order valence-electron chi connectivity index (χ2n) is 4.43. The lowest BCUT2D eigenvalue weighted by Crippen LogP contribution is -2.15. The summed E-state index contributed by atoms with van der Waals surface area (Å²) in [5.74, 6) is 0. The van der Waals surface area contributed by atoms with Gasteiger partial charge in [0.15, 0.2) is 0 Å². The zero-order valence-electron chi connectivity index (χ0n) is 9.49. The Bertz CT molecular complexity index is 318. The molecule has 0 unspecified atom stereocenters. The molecule has 15 heavy (non-hydrogen) atoms. The van der Waals surface area contributed by atoms with Crippen LogP contribution in [0.4, 0.5) is 0 Å². The zero-order valence-corrected chi connectivity index (χ0v) is 10.3. The second-order valence-corrected chi connectivity index (χ2v) is 6.05. The molecule has 0 saturated heterocycles. The van der Waals surface area contributed by atoms with E-state index in [9.17, 15) is 0 Å². The number of hydrogen-bond acceptors (Lipinski definition) is 2. The molecule has 0 aliphatic heterocycles. The topological polar surface area (TPSA) is 12.0 Å². The third kappa shape index (κ3) is 3.54. The Morgan fingerprint density at radius 3 is 2.73 bits per heavy atom. The largest absolute Gasteiger partial charge is 0.310 e. The van der Waals surface area contributed by atoms with Crippen LogP contribution in [0.1, 0.15) is 32.3 Å². The minimum absolute atomic E-state index is 0.659. The van der Waals surface area contributed by atoms with E-state index < -0.39 is 0 Å². The summed E-state index contributed by atoms with van der Waals surface area (Å²) in [4.78, 5) is 1.43. The molecule has 0 radical (unpaired) electrons. The molecule has 1 aromatic carbocycles. The molecule has 2 rings (SSSR count). The summed E-state index contributed by atoms with van der Waals surface area (Å²) >= 11 is 1.96. The van der Waals surface area contributed by atoms with Crippen molar-refractivity contribution in [1.29, 1.82) is 0 Å². The maximum absolute atomic E-state index is 3.57. The van der Waals surface area contributed by atoms with Crippen LogP contribution in [0, 0.1) is 0 Å². The van der Waals surface area contributed by atoms with Crippen molar-refractivity contribution >= 4 is 11.8 Å². The maximum Gasteiger partial charge on any atom is 0.0219 e. The van der Waals surface area contributed by atoms with Crippen LogP contribution in [0.2, 0.25) is 0 Å². The number of thioether (sulfide) groups is 1. The molecular formula is C13H19NS. The molecule has 0 amide bonds. The van der Waals surface area contributed by atoms with Crippen molar-refractivity contribution in [3.63, 3.8) is 0 Å². The molecule has 0 spiro atoms.